The van der Waals surface area contributed by atoms with Crippen molar-refractivity contribution in [3.8, 4) is 0 Å². The molecule has 1 aliphatic rings. The number of nitrogens with zero attached hydrogens (tertiary/aromatic N) is 3. The van der Waals surface area contributed by atoms with Crippen LogP contribution >= 0.6 is 0 Å². The van der Waals surface area contributed by atoms with Crippen LogP contribution in [-0.2, 0) is 7.05 Å². The molecule has 1 aromatic heterocycles. The van der Waals surface area contributed by atoms with Gasteiger partial charge in [0, 0.05) is 7.05 Å². The molecular weight excluding hydrogens is 188 g/mol. The van der Waals surface area contributed by atoms with Gasteiger partial charge in [0.1, 0.15) is 0 Å². The van der Waals surface area contributed by atoms with Gasteiger partial charge in [0.2, 0.25) is 0 Å². The van der Waals surface area contributed by atoms with Gasteiger partial charge >= 0.3 is 0 Å². The van der Waals surface area contributed by atoms with Gasteiger partial charge in [0.25, 0.3) is 0 Å². The highest BCUT2D eigenvalue weighted by Gasteiger charge is 2.46. The van der Waals surface area contributed by atoms with E-state index in [2.05, 4.69) is 29.5 Å². The Hall–Kier alpha value is -0.900. The fraction of sp³-hybridized carbons (Fsp3) is 0.818. The molecule has 1 aromatic rings. The fourth-order valence-electron chi connectivity index (χ4n) is 2.04. The molecule has 0 saturated heterocycles. The zero-order chi connectivity index (χ0) is 10.9. The number of aromatic nitrogens is 3. The van der Waals surface area contributed by atoms with E-state index in [0.29, 0.717) is 11.5 Å². The normalized spacial score (nSPS) is 20.2. The summed E-state index contributed by atoms with van der Waals surface area (Å²) in [7, 11) is 1.97. The molecule has 15 heavy (non-hydrogen) atoms. The Morgan fingerprint density at radius 1 is 1.60 bits per heavy atom. The molecule has 1 fully saturated rings. The summed E-state index contributed by atoms with van der Waals surface area (Å²) in [5.74, 6) is 0. The van der Waals surface area contributed by atoms with Crippen LogP contribution in [-0.4, -0.2) is 21.5 Å². The lowest BCUT2D eigenvalue weighted by Gasteiger charge is -2.24. The number of aryl methyl sites for hydroxylation is 1. The number of hydrogen-bond donors (Lipinski definition) is 1. The van der Waals surface area contributed by atoms with E-state index in [-0.39, 0.29) is 0 Å². The van der Waals surface area contributed by atoms with E-state index in [4.69, 9.17) is 0 Å². The van der Waals surface area contributed by atoms with Gasteiger partial charge in [0.15, 0.2) is 0 Å². The van der Waals surface area contributed by atoms with Crippen molar-refractivity contribution in [2.45, 2.75) is 39.2 Å². The van der Waals surface area contributed by atoms with Gasteiger partial charge < -0.3 is 5.32 Å². The Labute approximate surface area is 91.1 Å². The van der Waals surface area contributed by atoms with Gasteiger partial charge in [-0.3, -0.25) is 4.68 Å². The molecule has 1 atom stereocenters. The Balaban J connectivity index is 2.15. The fourth-order valence-corrected chi connectivity index (χ4v) is 2.04. The third-order valence-electron chi connectivity index (χ3n) is 3.38. The molecular formula is C11H20N4. The molecule has 1 aliphatic carbocycles. The molecule has 4 heteroatoms. The second-order valence-corrected chi connectivity index (χ2v) is 4.82. The molecule has 1 heterocycles. The molecule has 2 rings (SSSR count). The number of nitrogens with one attached hydrogen (secondary N) is 1. The number of hydrogen-bond acceptors (Lipinski definition) is 3. The van der Waals surface area contributed by atoms with Crippen LogP contribution in [0.15, 0.2) is 6.20 Å². The quantitative estimate of drug-likeness (QED) is 0.800. The van der Waals surface area contributed by atoms with Crippen molar-refractivity contribution >= 4 is 0 Å². The van der Waals surface area contributed by atoms with E-state index in [9.17, 15) is 0 Å². The van der Waals surface area contributed by atoms with E-state index in [1.54, 1.807) is 0 Å². The van der Waals surface area contributed by atoms with Gasteiger partial charge in [0.05, 0.1) is 17.9 Å². The first-order valence-electron chi connectivity index (χ1n) is 5.75. The lowest BCUT2D eigenvalue weighted by molar-refractivity contribution is 0.348. The smallest absolute Gasteiger partial charge is 0.0758 e. The van der Waals surface area contributed by atoms with Crippen LogP contribution < -0.4 is 5.32 Å². The van der Waals surface area contributed by atoms with Gasteiger partial charge in [-0.05, 0) is 31.2 Å². The van der Waals surface area contributed by atoms with E-state index in [1.165, 1.54) is 18.5 Å². The largest absolute Gasteiger partial charge is 0.308 e. The zero-order valence-corrected chi connectivity index (χ0v) is 9.82. The molecule has 1 unspecified atom stereocenters. The second-order valence-electron chi connectivity index (χ2n) is 4.82. The molecule has 84 valence electrons. The first-order valence-corrected chi connectivity index (χ1v) is 5.75. The van der Waals surface area contributed by atoms with Crippen molar-refractivity contribution in [2.24, 2.45) is 12.5 Å². The van der Waals surface area contributed by atoms with Crippen LogP contribution in [0.3, 0.4) is 0 Å². The zero-order valence-electron chi connectivity index (χ0n) is 9.82. The summed E-state index contributed by atoms with van der Waals surface area (Å²) in [5, 5.41) is 11.6. The average Bonchev–Trinajstić information content (AvgIpc) is 2.81. The summed E-state index contributed by atoms with van der Waals surface area (Å²) >= 11 is 0. The third kappa shape index (κ3) is 2.04. The first kappa shape index (κ1) is 10.6. The van der Waals surface area contributed by atoms with Gasteiger partial charge in [-0.15, -0.1) is 5.10 Å². The monoisotopic (exact) mass is 208 g/mol. The summed E-state index contributed by atoms with van der Waals surface area (Å²) in [6.45, 7) is 5.60. The predicted octanol–water partition coefficient (Wildman–Crippen LogP) is 1.66. The maximum Gasteiger partial charge on any atom is 0.0758 e. The standard InChI is InChI=1S/C11H20N4/c1-4-7-12-10(11(2)5-6-11)9-8-13-14-15(9)3/h8,10,12H,4-7H2,1-3H3. The highest BCUT2D eigenvalue weighted by Crippen LogP contribution is 2.54. The van der Waals surface area contributed by atoms with Crippen molar-refractivity contribution in [2.75, 3.05) is 6.54 Å². The maximum atomic E-state index is 4.01. The van der Waals surface area contributed by atoms with E-state index >= 15 is 0 Å². The van der Waals surface area contributed by atoms with Gasteiger partial charge in [-0.1, -0.05) is 19.1 Å². The van der Waals surface area contributed by atoms with E-state index in [0.717, 1.165) is 13.0 Å². The molecule has 1 saturated carbocycles. The van der Waals surface area contributed by atoms with Crippen LogP contribution in [0.1, 0.15) is 44.8 Å². The second kappa shape index (κ2) is 3.93. The predicted molar refractivity (Wildman–Crippen MR) is 59.4 cm³/mol. The minimum absolute atomic E-state index is 0.414. The third-order valence-corrected chi connectivity index (χ3v) is 3.38. The highest BCUT2D eigenvalue weighted by atomic mass is 15.4. The van der Waals surface area contributed by atoms with Crippen LogP contribution in [0, 0.1) is 5.41 Å². The Bertz CT molecular complexity index is 327. The molecule has 0 radical (unpaired) electrons. The SMILES string of the molecule is CCCNC(c1cnnn1C)C1(C)CC1. The summed E-state index contributed by atoms with van der Waals surface area (Å²) in [6.07, 6.45) is 5.66. The summed E-state index contributed by atoms with van der Waals surface area (Å²) < 4.78 is 1.89. The molecule has 0 amide bonds. The molecule has 0 spiro atoms. The molecule has 4 nitrogen and oxygen atoms in total. The summed E-state index contributed by atoms with van der Waals surface area (Å²) in [6, 6.07) is 0.414. The number of rotatable bonds is 5. The van der Waals surface area contributed by atoms with Crippen LogP contribution in [0.5, 0.6) is 0 Å². The van der Waals surface area contributed by atoms with Gasteiger partial charge in [-0.2, -0.15) is 0 Å². The topological polar surface area (TPSA) is 42.7 Å². The van der Waals surface area contributed by atoms with Crippen molar-refractivity contribution < 1.29 is 0 Å². The summed E-state index contributed by atoms with van der Waals surface area (Å²) in [5.41, 5.74) is 1.63. The minimum Gasteiger partial charge on any atom is -0.308 e. The van der Waals surface area contributed by atoms with Crippen molar-refractivity contribution in [3.63, 3.8) is 0 Å². The molecule has 1 N–H and O–H groups in total. The van der Waals surface area contributed by atoms with Crippen molar-refractivity contribution in [3.05, 3.63) is 11.9 Å². The van der Waals surface area contributed by atoms with Crippen molar-refractivity contribution in [1.29, 1.82) is 0 Å². The molecule has 0 aliphatic heterocycles. The first-order chi connectivity index (χ1) is 7.17. The van der Waals surface area contributed by atoms with Gasteiger partial charge in [-0.25, -0.2) is 0 Å². The Morgan fingerprint density at radius 3 is 2.80 bits per heavy atom. The van der Waals surface area contributed by atoms with Crippen LogP contribution in [0.2, 0.25) is 0 Å². The Morgan fingerprint density at radius 2 is 2.33 bits per heavy atom. The lowest BCUT2D eigenvalue weighted by atomic mass is 9.96. The van der Waals surface area contributed by atoms with Crippen molar-refractivity contribution in [1.82, 2.24) is 20.3 Å². The lowest BCUT2D eigenvalue weighted by Crippen LogP contribution is -2.30. The maximum absolute atomic E-state index is 4.01. The Kier molecular flexibility index (Phi) is 2.78. The molecule has 0 bridgehead atoms. The van der Waals surface area contributed by atoms with E-state index < -0.39 is 0 Å². The molecule has 0 aromatic carbocycles. The van der Waals surface area contributed by atoms with E-state index in [1.807, 2.05) is 17.9 Å². The summed E-state index contributed by atoms with van der Waals surface area (Å²) in [4.78, 5) is 0. The minimum atomic E-state index is 0.414. The highest BCUT2D eigenvalue weighted by molar-refractivity contribution is 5.12. The van der Waals surface area contributed by atoms with Crippen LogP contribution in [0.4, 0.5) is 0 Å². The van der Waals surface area contributed by atoms with Crippen LogP contribution in [0.25, 0.3) is 0 Å². The average molecular weight is 208 g/mol.